The number of halogens is 1. The Morgan fingerprint density at radius 3 is 2.48 bits per heavy atom. The van der Waals surface area contributed by atoms with Crippen LogP contribution in [0.3, 0.4) is 0 Å². The molecule has 0 spiro atoms. The van der Waals surface area contributed by atoms with E-state index in [-0.39, 0.29) is 6.61 Å². The summed E-state index contributed by atoms with van der Waals surface area (Å²) in [5.41, 5.74) is 3.57. The Kier molecular flexibility index (Phi) is 5.38. The van der Waals surface area contributed by atoms with Gasteiger partial charge in [0, 0.05) is 11.1 Å². The molecule has 29 heavy (non-hydrogen) atoms. The fourth-order valence-corrected chi connectivity index (χ4v) is 2.98. The molecule has 4 aromatic rings. The fourth-order valence-electron chi connectivity index (χ4n) is 2.98. The van der Waals surface area contributed by atoms with Crippen LogP contribution < -0.4 is 15.4 Å². The largest absolute Gasteiger partial charge is 0.491 e. The standard InChI is InChI=1S/C22H19FN4O2/c23-12-13-29-18-10-11-20-19(14-18)21(27-26-20)25-22(28)24-17-8-6-16(7-9-17)15-4-2-1-3-5-15/h1-11,14H,12-13H2,(H3,24,25,26,27,28). The highest BCUT2D eigenvalue weighted by molar-refractivity contribution is 6.04. The Balaban J connectivity index is 1.44. The van der Waals surface area contributed by atoms with Crippen LogP contribution in [0.15, 0.2) is 72.8 Å². The summed E-state index contributed by atoms with van der Waals surface area (Å²) < 4.78 is 17.6. The molecule has 0 atom stereocenters. The van der Waals surface area contributed by atoms with Crippen molar-refractivity contribution in [1.82, 2.24) is 10.2 Å². The van der Waals surface area contributed by atoms with Gasteiger partial charge < -0.3 is 10.1 Å². The minimum atomic E-state index is -0.569. The number of alkyl halides is 1. The quantitative estimate of drug-likeness (QED) is 0.422. The maximum atomic E-state index is 12.4. The lowest BCUT2D eigenvalue weighted by atomic mass is 10.1. The first kappa shape index (κ1) is 18.5. The predicted molar refractivity (Wildman–Crippen MR) is 112 cm³/mol. The van der Waals surface area contributed by atoms with E-state index in [0.29, 0.717) is 22.6 Å². The van der Waals surface area contributed by atoms with Crippen LogP contribution in [0.1, 0.15) is 0 Å². The number of hydrogen-bond donors (Lipinski definition) is 3. The van der Waals surface area contributed by atoms with Gasteiger partial charge in [-0.3, -0.25) is 10.4 Å². The van der Waals surface area contributed by atoms with Gasteiger partial charge in [-0.2, -0.15) is 5.10 Å². The van der Waals surface area contributed by atoms with Crippen LogP contribution in [-0.2, 0) is 0 Å². The number of ether oxygens (including phenoxy) is 1. The Morgan fingerprint density at radius 1 is 0.966 bits per heavy atom. The third-order valence-corrected chi connectivity index (χ3v) is 4.36. The van der Waals surface area contributed by atoms with Gasteiger partial charge in [0.05, 0.1) is 5.52 Å². The summed E-state index contributed by atoms with van der Waals surface area (Å²) in [4.78, 5) is 12.4. The second-order valence-corrected chi connectivity index (χ2v) is 6.34. The van der Waals surface area contributed by atoms with Crippen molar-refractivity contribution < 1.29 is 13.9 Å². The summed E-state index contributed by atoms with van der Waals surface area (Å²) in [5, 5.41) is 13.2. The first-order valence-electron chi connectivity index (χ1n) is 9.13. The molecule has 0 saturated heterocycles. The number of aromatic nitrogens is 2. The zero-order valence-corrected chi connectivity index (χ0v) is 15.5. The number of amides is 2. The number of nitrogens with zero attached hydrogens (tertiary/aromatic N) is 1. The Morgan fingerprint density at radius 2 is 1.72 bits per heavy atom. The maximum absolute atomic E-state index is 12.4. The number of fused-ring (bicyclic) bond motifs is 1. The third kappa shape index (κ3) is 4.35. The average molecular weight is 390 g/mol. The summed E-state index contributed by atoms with van der Waals surface area (Å²) in [5.74, 6) is 0.876. The van der Waals surface area contributed by atoms with Crippen LogP contribution >= 0.6 is 0 Å². The normalized spacial score (nSPS) is 10.7. The molecule has 2 amide bonds. The van der Waals surface area contributed by atoms with Gasteiger partial charge in [0.1, 0.15) is 19.0 Å². The molecular formula is C22H19FN4O2. The van der Waals surface area contributed by atoms with Crippen LogP contribution in [0.4, 0.5) is 20.7 Å². The monoisotopic (exact) mass is 390 g/mol. The molecule has 6 nitrogen and oxygen atoms in total. The molecule has 0 saturated carbocycles. The van der Waals surface area contributed by atoms with Crippen molar-refractivity contribution >= 4 is 28.4 Å². The second kappa shape index (κ2) is 8.43. The van der Waals surface area contributed by atoms with Crippen LogP contribution in [0, 0.1) is 0 Å². The van der Waals surface area contributed by atoms with Gasteiger partial charge in [-0.1, -0.05) is 42.5 Å². The lowest BCUT2D eigenvalue weighted by molar-refractivity contribution is 0.262. The summed E-state index contributed by atoms with van der Waals surface area (Å²) >= 11 is 0. The van der Waals surface area contributed by atoms with Crippen molar-refractivity contribution in [2.45, 2.75) is 0 Å². The molecular weight excluding hydrogens is 371 g/mol. The Labute approximate surface area is 166 Å². The van der Waals surface area contributed by atoms with E-state index in [2.05, 4.69) is 20.8 Å². The number of benzene rings is 3. The minimum Gasteiger partial charge on any atom is -0.491 e. The topological polar surface area (TPSA) is 79.0 Å². The predicted octanol–water partition coefficient (Wildman–Crippen LogP) is 5.22. The van der Waals surface area contributed by atoms with Gasteiger partial charge >= 0.3 is 6.03 Å². The zero-order chi connectivity index (χ0) is 20.1. The molecule has 0 aliphatic carbocycles. The molecule has 0 aliphatic rings. The minimum absolute atomic E-state index is 0.0222. The van der Waals surface area contributed by atoms with Crippen molar-refractivity contribution in [1.29, 1.82) is 0 Å². The number of carbonyl (C=O) groups is 1. The lowest BCUT2D eigenvalue weighted by Crippen LogP contribution is -2.19. The molecule has 146 valence electrons. The molecule has 4 rings (SSSR count). The van der Waals surface area contributed by atoms with E-state index >= 15 is 0 Å². The third-order valence-electron chi connectivity index (χ3n) is 4.36. The highest BCUT2D eigenvalue weighted by atomic mass is 19.1. The highest BCUT2D eigenvalue weighted by Gasteiger charge is 2.11. The number of carbonyl (C=O) groups excluding carboxylic acids is 1. The summed E-state index contributed by atoms with van der Waals surface area (Å²) in [6.45, 7) is -0.592. The molecule has 1 aromatic heterocycles. The van der Waals surface area contributed by atoms with E-state index in [0.717, 1.165) is 16.6 Å². The molecule has 0 aliphatic heterocycles. The van der Waals surface area contributed by atoms with E-state index < -0.39 is 12.7 Å². The summed E-state index contributed by atoms with van der Waals surface area (Å²) in [7, 11) is 0. The number of nitrogens with one attached hydrogen (secondary N) is 3. The first-order valence-corrected chi connectivity index (χ1v) is 9.13. The maximum Gasteiger partial charge on any atom is 0.324 e. The van der Waals surface area contributed by atoms with Crippen molar-refractivity contribution in [3.8, 4) is 16.9 Å². The second-order valence-electron chi connectivity index (χ2n) is 6.34. The van der Waals surface area contributed by atoms with E-state index in [1.165, 1.54) is 0 Å². The van der Waals surface area contributed by atoms with Gasteiger partial charge in [-0.15, -0.1) is 0 Å². The summed E-state index contributed by atoms with van der Waals surface area (Å²) in [6.07, 6.45) is 0. The van der Waals surface area contributed by atoms with Gasteiger partial charge in [-0.25, -0.2) is 9.18 Å². The van der Waals surface area contributed by atoms with Gasteiger partial charge in [0.25, 0.3) is 0 Å². The number of rotatable bonds is 6. The van der Waals surface area contributed by atoms with E-state index in [1.807, 2.05) is 54.6 Å². The lowest BCUT2D eigenvalue weighted by Gasteiger charge is -2.08. The van der Waals surface area contributed by atoms with Crippen molar-refractivity contribution in [3.05, 3.63) is 72.8 Å². The number of hydrogen-bond acceptors (Lipinski definition) is 3. The van der Waals surface area contributed by atoms with Crippen LogP contribution in [0.2, 0.25) is 0 Å². The number of anilines is 2. The Hall–Kier alpha value is -3.87. The highest BCUT2D eigenvalue weighted by Crippen LogP contribution is 2.26. The molecule has 0 radical (unpaired) electrons. The van der Waals surface area contributed by atoms with Crippen LogP contribution in [0.25, 0.3) is 22.0 Å². The fraction of sp³-hybridized carbons (Fsp3) is 0.0909. The molecule has 0 fully saturated rings. The SMILES string of the molecule is O=C(Nc1ccc(-c2ccccc2)cc1)Nc1n[nH]c2ccc(OCCF)cc12. The molecule has 7 heteroatoms. The van der Waals surface area contributed by atoms with Crippen molar-refractivity contribution in [3.63, 3.8) is 0 Å². The number of aromatic amines is 1. The number of H-pyrrole nitrogens is 1. The van der Waals surface area contributed by atoms with Crippen molar-refractivity contribution in [2.75, 3.05) is 23.9 Å². The van der Waals surface area contributed by atoms with Crippen molar-refractivity contribution in [2.24, 2.45) is 0 Å². The van der Waals surface area contributed by atoms with Gasteiger partial charge in [-0.05, 0) is 41.5 Å². The smallest absolute Gasteiger partial charge is 0.324 e. The average Bonchev–Trinajstić information content (AvgIpc) is 3.15. The van der Waals surface area contributed by atoms with E-state index in [1.54, 1.807) is 18.2 Å². The molecule has 3 N–H and O–H groups in total. The Bertz CT molecular complexity index is 1110. The van der Waals surface area contributed by atoms with E-state index in [4.69, 9.17) is 4.74 Å². The van der Waals surface area contributed by atoms with E-state index in [9.17, 15) is 9.18 Å². The number of urea groups is 1. The summed E-state index contributed by atoms with van der Waals surface area (Å²) in [6, 6.07) is 22.3. The molecule has 1 heterocycles. The van der Waals surface area contributed by atoms with Gasteiger partial charge in [0.2, 0.25) is 0 Å². The van der Waals surface area contributed by atoms with Crippen LogP contribution in [-0.4, -0.2) is 29.5 Å². The first-order chi connectivity index (χ1) is 14.2. The van der Waals surface area contributed by atoms with Crippen LogP contribution in [0.5, 0.6) is 5.75 Å². The molecule has 3 aromatic carbocycles. The zero-order valence-electron chi connectivity index (χ0n) is 15.5. The molecule has 0 bridgehead atoms. The van der Waals surface area contributed by atoms with Gasteiger partial charge in [0.15, 0.2) is 5.82 Å². The molecule has 0 unspecified atom stereocenters.